The molecule has 0 radical (unpaired) electrons. The number of carbonyl (C=O) groups is 1. The Hall–Kier alpha value is -1.51. The number of esters is 1. The normalized spacial score (nSPS) is 10.4. The van der Waals surface area contributed by atoms with E-state index in [0.29, 0.717) is 23.8 Å². The van der Waals surface area contributed by atoms with Gasteiger partial charge in [-0.25, -0.2) is 4.79 Å². The summed E-state index contributed by atoms with van der Waals surface area (Å²) in [6, 6.07) is 6.77. The van der Waals surface area contributed by atoms with E-state index in [-0.39, 0.29) is 5.97 Å². The zero-order chi connectivity index (χ0) is 12.0. The molecule has 1 rings (SSSR count). The number of benzene rings is 1. The second-order valence-electron chi connectivity index (χ2n) is 3.90. The highest BCUT2D eigenvalue weighted by Crippen LogP contribution is 2.11. The van der Waals surface area contributed by atoms with Crippen molar-refractivity contribution in [2.75, 3.05) is 12.3 Å². The first-order valence-corrected chi connectivity index (χ1v) is 5.70. The van der Waals surface area contributed by atoms with Crippen LogP contribution in [0.2, 0.25) is 0 Å². The van der Waals surface area contributed by atoms with Crippen molar-refractivity contribution in [1.82, 2.24) is 0 Å². The van der Waals surface area contributed by atoms with Crippen LogP contribution >= 0.6 is 0 Å². The summed E-state index contributed by atoms with van der Waals surface area (Å²) in [5.74, 6) is 0.185. The topological polar surface area (TPSA) is 52.3 Å². The molecule has 0 amide bonds. The van der Waals surface area contributed by atoms with Crippen molar-refractivity contribution in [3.8, 4) is 0 Å². The SMILES string of the molecule is CCC(CC)COC(=O)c1ccc(N)cc1. The third kappa shape index (κ3) is 3.57. The van der Waals surface area contributed by atoms with Gasteiger partial charge in [0.1, 0.15) is 0 Å². The first-order valence-electron chi connectivity index (χ1n) is 5.70. The number of nitrogens with two attached hydrogens (primary N) is 1. The van der Waals surface area contributed by atoms with Crippen LogP contribution in [0.5, 0.6) is 0 Å². The number of carbonyl (C=O) groups excluding carboxylic acids is 1. The van der Waals surface area contributed by atoms with Gasteiger partial charge in [-0.1, -0.05) is 26.7 Å². The van der Waals surface area contributed by atoms with Crippen LogP contribution in [0.15, 0.2) is 24.3 Å². The summed E-state index contributed by atoms with van der Waals surface area (Å²) < 4.78 is 5.23. The maximum Gasteiger partial charge on any atom is 0.338 e. The molecule has 0 fully saturated rings. The van der Waals surface area contributed by atoms with E-state index in [1.165, 1.54) is 0 Å². The van der Waals surface area contributed by atoms with Crippen LogP contribution in [0.3, 0.4) is 0 Å². The molecule has 1 aromatic rings. The molecule has 3 nitrogen and oxygen atoms in total. The molecule has 0 unspecified atom stereocenters. The molecule has 0 aliphatic carbocycles. The largest absolute Gasteiger partial charge is 0.462 e. The summed E-state index contributed by atoms with van der Waals surface area (Å²) >= 11 is 0. The highest BCUT2D eigenvalue weighted by atomic mass is 16.5. The molecule has 0 aromatic heterocycles. The summed E-state index contributed by atoms with van der Waals surface area (Å²) in [7, 11) is 0. The van der Waals surface area contributed by atoms with Crippen LogP contribution < -0.4 is 5.73 Å². The van der Waals surface area contributed by atoms with E-state index in [1.807, 2.05) is 0 Å². The van der Waals surface area contributed by atoms with Gasteiger partial charge in [-0.2, -0.15) is 0 Å². The summed E-state index contributed by atoms with van der Waals surface area (Å²) in [5.41, 5.74) is 6.75. The van der Waals surface area contributed by atoms with Crippen LogP contribution in [0.1, 0.15) is 37.0 Å². The second kappa shape index (κ2) is 6.16. The van der Waals surface area contributed by atoms with Gasteiger partial charge >= 0.3 is 5.97 Å². The molecule has 3 heteroatoms. The molecule has 1 aromatic carbocycles. The Morgan fingerprint density at radius 1 is 1.25 bits per heavy atom. The number of rotatable bonds is 5. The van der Waals surface area contributed by atoms with E-state index in [2.05, 4.69) is 13.8 Å². The smallest absolute Gasteiger partial charge is 0.338 e. The van der Waals surface area contributed by atoms with Crippen molar-refractivity contribution < 1.29 is 9.53 Å². The number of ether oxygens (including phenoxy) is 1. The van der Waals surface area contributed by atoms with Gasteiger partial charge < -0.3 is 10.5 Å². The summed E-state index contributed by atoms with van der Waals surface area (Å²) in [6.45, 7) is 4.70. The monoisotopic (exact) mass is 221 g/mol. The third-order valence-corrected chi connectivity index (χ3v) is 2.75. The predicted molar refractivity (Wildman–Crippen MR) is 65.2 cm³/mol. The van der Waals surface area contributed by atoms with Gasteiger partial charge in [0.25, 0.3) is 0 Å². The van der Waals surface area contributed by atoms with Gasteiger partial charge in [0.2, 0.25) is 0 Å². The fraction of sp³-hybridized carbons (Fsp3) is 0.462. The average molecular weight is 221 g/mol. The molecule has 0 heterocycles. The van der Waals surface area contributed by atoms with E-state index in [1.54, 1.807) is 24.3 Å². The molecule has 0 saturated heterocycles. The standard InChI is InChI=1S/C13H19NO2/c1-3-10(4-2)9-16-13(15)11-5-7-12(14)8-6-11/h5-8,10H,3-4,9,14H2,1-2H3. The van der Waals surface area contributed by atoms with Gasteiger partial charge in [0.15, 0.2) is 0 Å². The van der Waals surface area contributed by atoms with E-state index in [9.17, 15) is 4.79 Å². The molecular weight excluding hydrogens is 202 g/mol. The van der Waals surface area contributed by atoms with Gasteiger partial charge in [-0.3, -0.25) is 0 Å². The Morgan fingerprint density at radius 3 is 2.31 bits per heavy atom. The molecule has 16 heavy (non-hydrogen) atoms. The zero-order valence-corrected chi connectivity index (χ0v) is 9.90. The van der Waals surface area contributed by atoms with Crippen molar-refractivity contribution in [3.63, 3.8) is 0 Å². The second-order valence-corrected chi connectivity index (χ2v) is 3.90. The summed E-state index contributed by atoms with van der Waals surface area (Å²) in [6.07, 6.45) is 2.07. The average Bonchev–Trinajstić information content (AvgIpc) is 2.31. The summed E-state index contributed by atoms with van der Waals surface area (Å²) in [4.78, 5) is 11.6. The number of hydrogen-bond acceptors (Lipinski definition) is 3. The molecule has 0 atom stereocenters. The minimum Gasteiger partial charge on any atom is -0.462 e. The van der Waals surface area contributed by atoms with Crippen LogP contribution in [0.4, 0.5) is 5.69 Å². The Morgan fingerprint density at radius 2 is 1.81 bits per heavy atom. The van der Waals surface area contributed by atoms with Crippen molar-refractivity contribution in [3.05, 3.63) is 29.8 Å². The minimum atomic E-state index is -0.271. The highest BCUT2D eigenvalue weighted by molar-refractivity contribution is 5.89. The van der Waals surface area contributed by atoms with E-state index in [4.69, 9.17) is 10.5 Å². The lowest BCUT2D eigenvalue weighted by molar-refractivity contribution is 0.0433. The van der Waals surface area contributed by atoms with E-state index < -0.39 is 0 Å². The van der Waals surface area contributed by atoms with Crippen LogP contribution in [-0.2, 0) is 4.74 Å². The summed E-state index contributed by atoms with van der Waals surface area (Å²) in [5, 5.41) is 0. The lowest BCUT2D eigenvalue weighted by atomic mass is 10.1. The van der Waals surface area contributed by atoms with Gasteiger partial charge in [-0.05, 0) is 30.2 Å². The maximum absolute atomic E-state index is 11.6. The molecule has 2 N–H and O–H groups in total. The Kier molecular flexibility index (Phi) is 4.83. The van der Waals surface area contributed by atoms with Crippen molar-refractivity contribution >= 4 is 11.7 Å². The molecule has 0 aliphatic heterocycles. The Balaban J connectivity index is 2.49. The van der Waals surface area contributed by atoms with Gasteiger partial charge in [-0.15, -0.1) is 0 Å². The maximum atomic E-state index is 11.6. The van der Waals surface area contributed by atoms with Gasteiger partial charge in [0.05, 0.1) is 12.2 Å². The van der Waals surface area contributed by atoms with Crippen LogP contribution in [0, 0.1) is 5.92 Å². The van der Waals surface area contributed by atoms with Crippen molar-refractivity contribution in [1.29, 1.82) is 0 Å². The zero-order valence-electron chi connectivity index (χ0n) is 9.90. The molecule has 0 bridgehead atoms. The quantitative estimate of drug-likeness (QED) is 0.614. The molecular formula is C13H19NO2. The van der Waals surface area contributed by atoms with E-state index in [0.717, 1.165) is 12.8 Å². The highest BCUT2D eigenvalue weighted by Gasteiger charge is 2.10. The third-order valence-electron chi connectivity index (χ3n) is 2.75. The van der Waals surface area contributed by atoms with Crippen molar-refractivity contribution in [2.24, 2.45) is 5.92 Å². The van der Waals surface area contributed by atoms with E-state index >= 15 is 0 Å². The lowest BCUT2D eigenvalue weighted by Gasteiger charge is -2.12. The Bertz CT molecular complexity index is 328. The number of hydrogen-bond donors (Lipinski definition) is 1. The first-order chi connectivity index (χ1) is 7.67. The minimum absolute atomic E-state index is 0.271. The first kappa shape index (κ1) is 12.6. The molecule has 88 valence electrons. The predicted octanol–water partition coefficient (Wildman–Crippen LogP) is 2.86. The lowest BCUT2D eigenvalue weighted by Crippen LogP contribution is -2.13. The fourth-order valence-corrected chi connectivity index (χ4v) is 1.42. The number of anilines is 1. The van der Waals surface area contributed by atoms with Crippen molar-refractivity contribution in [2.45, 2.75) is 26.7 Å². The molecule has 0 saturated carbocycles. The van der Waals surface area contributed by atoms with Crippen LogP contribution in [0.25, 0.3) is 0 Å². The van der Waals surface area contributed by atoms with Gasteiger partial charge in [0, 0.05) is 5.69 Å². The fourth-order valence-electron chi connectivity index (χ4n) is 1.42. The Labute approximate surface area is 96.6 Å². The molecule has 0 spiro atoms. The van der Waals surface area contributed by atoms with Crippen LogP contribution in [-0.4, -0.2) is 12.6 Å². The molecule has 0 aliphatic rings. The number of nitrogen functional groups attached to an aromatic ring is 1.